The Bertz CT molecular complexity index is 321. The van der Waals surface area contributed by atoms with Crippen LogP contribution in [0, 0.1) is 13.8 Å². The van der Waals surface area contributed by atoms with Gasteiger partial charge >= 0.3 is 0 Å². The highest BCUT2D eigenvalue weighted by molar-refractivity contribution is 5.50. The number of aliphatic imine (C=N–C) groups is 1. The number of hydrogen-bond acceptors (Lipinski definition) is 3. The summed E-state index contributed by atoms with van der Waals surface area (Å²) < 4.78 is 1.57. The fraction of sp³-hybridized carbons (Fsp3) is 0.429. The monoisotopic (exact) mass is 151 g/mol. The van der Waals surface area contributed by atoms with E-state index in [0.717, 1.165) is 11.3 Å². The van der Waals surface area contributed by atoms with Gasteiger partial charge in [-0.05, 0) is 13.8 Å². The molecule has 0 N–H and O–H groups in total. The van der Waals surface area contributed by atoms with Gasteiger partial charge in [0.15, 0.2) is 5.82 Å². The van der Waals surface area contributed by atoms with E-state index < -0.39 is 0 Å². The number of hydrogen-bond donors (Lipinski definition) is 0. The van der Waals surface area contributed by atoms with Gasteiger partial charge in [-0.3, -0.25) is 0 Å². The van der Waals surface area contributed by atoms with Crippen LogP contribution in [0.5, 0.6) is 0 Å². The predicted octanol–water partition coefficient (Wildman–Crippen LogP) is 1.00. The summed E-state index contributed by atoms with van der Waals surface area (Å²) in [5.74, 6) is 0.581. The molecule has 0 saturated carbocycles. The van der Waals surface area contributed by atoms with Crippen LogP contribution in [-0.2, 0) is 11.8 Å². The number of nitrogens with zero attached hydrogens (tertiary/aromatic N) is 3. The highest BCUT2D eigenvalue weighted by Crippen LogP contribution is 2.18. The third kappa shape index (κ3) is 1.21. The Kier molecular flexibility index (Phi) is 1.87. The second-order valence-corrected chi connectivity index (χ2v) is 2.36. The molecule has 0 spiro atoms. The van der Waals surface area contributed by atoms with Crippen LogP contribution in [0.3, 0.4) is 0 Å². The molecule has 58 valence electrons. The zero-order valence-corrected chi connectivity index (χ0v) is 6.75. The maximum absolute atomic E-state index is 9.96. The van der Waals surface area contributed by atoms with E-state index in [1.165, 1.54) is 6.08 Å². The number of isocyanates is 1. The second-order valence-electron chi connectivity index (χ2n) is 2.36. The SMILES string of the molecule is Cc1nn(C)c(N=C=O)c1C. The first-order valence-electron chi connectivity index (χ1n) is 3.25. The predicted molar refractivity (Wildman–Crippen MR) is 40.5 cm³/mol. The zero-order chi connectivity index (χ0) is 8.43. The molecule has 11 heavy (non-hydrogen) atoms. The zero-order valence-electron chi connectivity index (χ0n) is 6.75. The van der Waals surface area contributed by atoms with Crippen molar-refractivity contribution in [2.45, 2.75) is 13.8 Å². The minimum absolute atomic E-state index is 0.581. The Labute approximate surface area is 64.6 Å². The summed E-state index contributed by atoms with van der Waals surface area (Å²) in [5.41, 5.74) is 1.82. The van der Waals surface area contributed by atoms with Gasteiger partial charge in [0.25, 0.3) is 0 Å². The van der Waals surface area contributed by atoms with Gasteiger partial charge < -0.3 is 0 Å². The topological polar surface area (TPSA) is 47.2 Å². The molecule has 0 aromatic carbocycles. The Morgan fingerprint density at radius 2 is 2.18 bits per heavy atom. The molecule has 0 aliphatic heterocycles. The van der Waals surface area contributed by atoms with Gasteiger partial charge in [0.1, 0.15) is 0 Å². The molecule has 0 radical (unpaired) electrons. The minimum atomic E-state index is 0.581. The summed E-state index contributed by atoms with van der Waals surface area (Å²) in [6.45, 7) is 3.75. The van der Waals surface area contributed by atoms with Gasteiger partial charge in [-0.15, -0.1) is 4.99 Å². The quantitative estimate of drug-likeness (QED) is 0.444. The van der Waals surface area contributed by atoms with Crippen molar-refractivity contribution in [3.05, 3.63) is 11.3 Å². The van der Waals surface area contributed by atoms with Crippen molar-refractivity contribution in [1.29, 1.82) is 0 Å². The van der Waals surface area contributed by atoms with Crippen LogP contribution in [0.1, 0.15) is 11.3 Å². The van der Waals surface area contributed by atoms with Crippen molar-refractivity contribution in [3.8, 4) is 0 Å². The second kappa shape index (κ2) is 2.68. The third-order valence-corrected chi connectivity index (χ3v) is 1.64. The van der Waals surface area contributed by atoms with Crippen molar-refractivity contribution in [2.24, 2.45) is 12.0 Å². The van der Waals surface area contributed by atoms with E-state index in [9.17, 15) is 4.79 Å². The van der Waals surface area contributed by atoms with Crippen molar-refractivity contribution < 1.29 is 4.79 Å². The van der Waals surface area contributed by atoms with Crippen molar-refractivity contribution in [2.75, 3.05) is 0 Å². The number of carbonyl (C=O) groups excluding carboxylic acids is 1. The summed E-state index contributed by atoms with van der Waals surface area (Å²) in [5, 5.41) is 4.07. The van der Waals surface area contributed by atoms with Crippen LogP contribution >= 0.6 is 0 Å². The average Bonchev–Trinajstić information content (AvgIpc) is 2.17. The molecular formula is C7H9N3O. The lowest BCUT2D eigenvalue weighted by Crippen LogP contribution is -1.88. The summed E-state index contributed by atoms with van der Waals surface area (Å²) in [6.07, 6.45) is 1.49. The van der Waals surface area contributed by atoms with E-state index in [4.69, 9.17) is 0 Å². The van der Waals surface area contributed by atoms with Gasteiger partial charge in [0, 0.05) is 12.6 Å². The molecule has 0 atom stereocenters. The maximum atomic E-state index is 9.96. The molecule has 0 fully saturated rings. The summed E-state index contributed by atoms with van der Waals surface area (Å²) in [4.78, 5) is 13.5. The lowest BCUT2D eigenvalue weighted by Gasteiger charge is -1.90. The largest absolute Gasteiger partial charge is 0.250 e. The minimum Gasteiger partial charge on any atom is -0.250 e. The first-order chi connectivity index (χ1) is 5.16. The summed E-state index contributed by atoms with van der Waals surface area (Å²) >= 11 is 0. The van der Waals surface area contributed by atoms with E-state index in [1.807, 2.05) is 13.8 Å². The molecule has 0 bridgehead atoms. The Balaban J connectivity index is 3.33. The highest BCUT2D eigenvalue weighted by Gasteiger charge is 2.06. The van der Waals surface area contributed by atoms with Crippen molar-refractivity contribution in [1.82, 2.24) is 9.78 Å². The normalized spacial score (nSPS) is 9.36. The van der Waals surface area contributed by atoms with Crippen LogP contribution in [0.25, 0.3) is 0 Å². The average molecular weight is 151 g/mol. The van der Waals surface area contributed by atoms with Crippen LogP contribution in [0.15, 0.2) is 4.99 Å². The molecular weight excluding hydrogens is 142 g/mol. The van der Waals surface area contributed by atoms with Gasteiger partial charge in [0.2, 0.25) is 6.08 Å². The Morgan fingerprint density at radius 1 is 1.55 bits per heavy atom. The molecule has 4 nitrogen and oxygen atoms in total. The van der Waals surface area contributed by atoms with E-state index in [0.29, 0.717) is 5.82 Å². The number of aryl methyl sites for hydroxylation is 2. The molecule has 1 heterocycles. The summed E-state index contributed by atoms with van der Waals surface area (Å²) in [6, 6.07) is 0. The van der Waals surface area contributed by atoms with Crippen molar-refractivity contribution >= 4 is 11.9 Å². The van der Waals surface area contributed by atoms with Crippen LogP contribution in [0.4, 0.5) is 5.82 Å². The van der Waals surface area contributed by atoms with Crippen LogP contribution < -0.4 is 0 Å². The van der Waals surface area contributed by atoms with Gasteiger partial charge in [-0.25, -0.2) is 9.48 Å². The molecule has 0 aliphatic rings. The molecule has 1 rings (SSSR count). The van der Waals surface area contributed by atoms with E-state index in [-0.39, 0.29) is 0 Å². The first-order valence-corrected chi connectivity index (χ1v) is 3.25. The third-order valence-electron chi connectivity index (χ3n) is 1.64. The van der Waals surface area contributed by atoms with Crippen molar-refractivity contribution in [3.63, 3.8) is 0 Å². The number of aromatic nitrogens is 2. The lowest BCUT2D eigenvalue weighted by atomic mass is 10.3. The smallest absolute Gasteiger partial charge is 0.242 e. The fourth-order valence-electron chi connectivity index (χ4n) is 0.951. The molecule has 0 amide bonds. The van der Waals surface area contributed by atoms with Crippen LogP contribution in [-0.4, -0.2) is 15.9 Å². The van der Waals surface area contributed by atoms with E-state index in [2.05, 4.69) is 10.1 Å². The van der Waals surface area contributed by atoms with Gasteiger partial charge in [0.05, 0.1) is 5.69 Å². The molecule has 0 unspecified atom stereocenters. The Hall–Kier alpha value is -1.41. The standard InChI is InChI=1S/C7H9N3O/c1-5-6(2)9-10(3)7(5)8-4-11/h1-3H3. The lowest BCUT2D eigenvalue weighted by molar-refractivity contribution is 0.564. The number of rotatable bonds is 1. The van der Waals surface area contributed by atoms with Gasteiger partial charge in [-0.2, -0.15) is 5.10 Å². The first kappa shape index (κ1) is 7.69. The Morgan fingerprint density at radius 3 is 2.55 bits per heavy atom. The summed E-state index contributed by atoms with van der Waals surface area (Å²) in [7, 11) is 1.75. The molecule has 0 aliphatic carbocycles. The van der Waals surface area contributed by atoms with Gasteiger partial charge in [-0.1, -0.05) is 0 Å². The molecule has 0 saturated heterocycles. The van der Waals surface area contributed by atoms with E-state index in [1.54, 1.807) is 11.7 Å². The molecule has 4 heteroatoms. The highest BCUT2D eigenvalue weighted by atomic mass is 16.1. The maximum Gasteiger partial charge on any atom is 0.242 e. The molecule has 1 aromatic rings. The van der Waals surface area contributed by atoms with Crippen LogP contribution in [0.2, 0.25) is 0 Å². The molecule has 1 aromatic heterocycles. The fourth-order valence-corrected chi connectivity index (χ4v) is 0.951. The van der Waals surface area contributed by atoms with E-state index >= 15 is 0 Å².